The largest absolute Gasteiger partial charge is 0.497 e. The lowest BCUT2D eigenvalue weighted by atomic mass is 10.1. The van der Waals surface area contributed by atoms with E-state index in [1.807, 2.05) is 30.3 Å². The van der Waals surface area contributed by atoms with Crippen LogP contribution in [0.3, 0.4) is 0 Å². The van der Waals surface area contributed by atoms with Gasteiger partial charge in [-0.15, -0.1) is 0 Å². The Labute approximate surface area is 241 Å². The molecule has 1 amide bonds. The van der Waals surface area contributed by atoms with Crippen LogP contribution in [0.2, 0.25) is 0 Å². The molecular formula is C29H42N8O4. The number of aromatic nitrogens is 3. The second kappa shape index (κ2) is 17.6. The van der Waals surface area contributed by atoms with E-state index >= 15 is 0 Å². The fourth-order valence-corrected chi connectivity index (χ4v) is 3.60. The number of anilines is 4. The molecule has 0 atom stereocenters. The fourth-order valence-electron chi connectivity index (χ4n) is 3.60. The van der Waals surface area contributed by atoms with Gasteiger partial charge in [0.25, 0.3) is 5.91 Å². The highest BCUT2D eigenvalue weighted by atomic mass is 16.5. The molecule has 0 aliphatic rings. The van der Waals surface area contributed by atoms with E-state index in [-0.39, 0.29) is 5.91 Å². The molecule has 0 aliphatic carbocycles. The summed E-state index contributed by atoms with van der Waals surface area (Å²) in [5.74, 6) is 2.38. The van der Waals surface area contributed by atoms with Crippen molar-refractivity contribution in [3.8, 4) is 5.75 Å². The van der Waals surface area contributed by atoms with Crippen molar-refractivity contribution in [3.63, 3.8) is 0 Å². The quantitative estimate of drug-likeness (QED) is 0.135. The zero-order valence-electron chi connectivity index (χ0n) is 24.1. The second-order valence-corrected chi connectivity index (χ2v) is 9.59. The molecular weight excluding hydrogens is 524 g/mol. The first-order valence-electron chi connectivity index (χ1n) is 13.8. The number of nitrogens with two attached hydrogens (primary N) is 1. The number of nitrogens with one attached hydrogen (secondary N) is 4. The summed E-state index contributed by atoms with van der Waals surface area (Å²) < 4.78 is 15.9. The van der Waals surface area contributed by atoms with Crippen LogP contribution in [-0.2, 0) is 16.0 Å². The van der Waals surface area contributed by atoms with E-state index in [1.54, 1.807) is 25.3 Å². The zero-order valence-corrected chi connectivity index (χ0v) is 24.1. The van der Waals surface area contributed by atoms with Gasteiger partial charge in [-0.2, -0.15) is 15.0 Å². The molecule has 0 aliphatic heterocycles. The Balaban J connectivity index is 1.61. The van der Waals surface area contributed by atoms with E-state index in [2.05, 4.69) is 50.1 Å². The Kier molecular flexibility index (Phi) is 13.6. The van der Waals surface area contributed by atoms with Crippen LogP contribution in [0.4, 0.5) is 23.5 Å². The Bertz CT molecular complexity index is 1190. The number of methoxy groups -OCH3 is 1. The average molecular weight is 567 g/mol. The maximum atomic E-state index is 12.7. The number of ether oxygens (including phenoxy) is 3. The number of amides is 1. The molecule has 0 bridgehead atoms. The van der Waals surface area contributed by atoms with Gasteiger partial charge in [0.05, 0.1) is 33.5 Å². The normalized spacial score (nSPS) is 10.9. The van der Waals surface area contributed by atoms with Crippen molar-refractivity contribution in [2.45, 2.75) is 26.8 Å². The first kappa shape index (κ1) is 31.5. The highest BCUT2D eigenvalue weighted by Crippen LogP contribution is 2.19. The lowest BCUT2D eigenvalue weighted by molar-refractivity contribution is 0.0511. The third-order valence-corrected chi connectivity index (χ3v) is 5.80. The number of hydrogen-bond acceptors (Lipinski definition) is 11. The lowest BCUT2D eigenvalue weighted by Gasteiger charge is -2.13. The number of carbonyl (C=O) groups excluding carboxylic acids is 1. The fraction of sp³-hybridized carbons (Fsp3) is 0.448. The van der Waals surface area contributed by atoms with Gasteiger partial charge in [0.15, 0.2) is 0 Å². The molecule has 12 heteroatoms. The molecule has 0 saturated carbocycles. The Morgan fingerprint density at radius 1 is 0.878 bits per heavy atom. The molecule has 1 heterocycles. The molecule has 0 saturated heterocycles. The van der Waals surface area contributed by atoms with Crippen LogP contribution in [0, 0.1) is 5.92 Å². The Morgan fingerprint density at radius 2 is 1.59 bits per heavy atom. The average Bonchev–Trinajstić information content (AvgIpc) is 2.97. The summed E-state index contributed by atoms with van der Waals surface area (Å²) in [7, 11) is 1.64. The molecule has 222 valence electrons. The predicted octanol–water partition coefficient (Wildman–Crippen LogP) is 3.42. The predicted molar refractivity (Wildman–Crippen MR) is 161 cm³/mol. The lowest BCUT2D eigenvalue weighted by Crippen LogP contribution is -2.27. The van der Waals surface area contributed by atoms with Gasteiger partial charge in [-0.05, 0) is 48.2 Å². The Morgan fingerprint density at radius 3 is 2.29 bits per heavy atom. The van der Waals surface area contributed by atoms with Crippen molar-refractivity contribution in [1.82, 2.24) is 20.3 Å². The van der Waals surface area contributed by atoms with Crippen LogP contribution in [0.5, 0.6) is 5.75 Å². The van der Waals surface area contributed by atoms with Crippen LogP contribution < -0.4 is 31.7 Å². The zero-order chi connectivity index (χ0) is 29.3. The molecule has 0 unspecified atom stereocenters. The Hall–Kier alpha value is -4.00. The van der Waals surface area contributed by atoms with Gasteiger partial charge >= 0.3 is 0 Å². The monoisotopic (exact) mass is 566 g/mol. The molecule has 6 N–H and O–H groups in total. The van der Waals surface area contributed by atoms with Crippen LogP contribution in [-0.4, -0.2) is 74.0 Å². The van der Waals surface area contributed by atoms with Crippen LogP contribution in [0.1, 0.15) is 36.2 Å². The van der Waals surface area contributed by atoms with E-state index in [4.69, 9.17) is 19.9 Å². The van der Waals surface area contributed by atoms with Gasteiger partial charge in [-0.1, -0.05) is 32.0 Å². The summed E-state index contributed by atoms with van der Waals surface area (Å²) in [5.41, 5.74) is 7.61. The first-order chi connectivity index (χ1) is 20.0. The molecule has 3 rings (SSSR count). The SMILES string of the molecule is COc1ccc(CNc2nc(NCCC(C)C)nc(Nc3cccc(C(=O)NCCOCCOCCN)c3)n2)cc1. The topological polar surface area (TPSA) is 158 Å². The van der Waals surface area contributed by atoms with E-state index in [1.165, 1.54) is 0 Å². The van der Waals surface area contributed by atoms with Gasteiger partial charge in [-0.3, -0.25) is 4.79 Å². The minimum Gasteiger partial charge on any atom is -0.497 e. The molecule has 12 nitrogen and oxygen atoms in total. The standard InChI is InChI=1S/C29H42N8O4/c1-21(2)11-13-32-27-35-28(33-20-22-7-9-25(39-3)10-8-22)37-29(36-27)34-24-6-4-5-23(19-24)26(38)31-14-16-41-18-17-40-15-12-30/h4-10,19,21H,11-18,20,30H2,1-3H3,(H,31,38)(H3,32,33,34,35,36,37). The van der Waals surface area contributed by atoms with Gasteiger partial charge in [0.1, 0.15) is 5.75 Å². The second-order valence-electron chi connectivity index (χ2n) is 9.59. The van der Waals surface area contributed by atoms with Gasteiger partial charge in [0, 0.05) is 37.4 Å². The maximum Gasteiger partial charge on any atom is 0.251 e. The highest BCUT2D eigenvalue weighted by Gasteiger charge is 2.10. The van der Waals surface area contributed by atoms with Gasteiger partial charge < -0.3 is 41.2 Å². The van der Waals surface area contributed by atoms with Crippen molar-refractivity contribution < 1.29 is 19.0 Å². The molecule has 1 aromatic heterocycles. The van der Waals surface area contributed by atoms with Crippen molar-refractivity contribution in [1.29, 1.82) is 0 Å². The van der Waals surface area contributed by atoms with Crippen LogP contribution >= 0.6 is 0 Å². The minimum atomic E-state index is -0.204. The number of hydrogen-bond donors (Lipinski definition) is 5. The van der Waals surface area contributed by atoms with Crippen LogP contribution in [0.15, 0.2) is 48.5 Å². The van der Waals surface area contributed by atoms with Crippen LogP contribution in [0.25, 0.3) is 0 Å². The van der Waals surface area contributed by atoms with Crippen molar-refractivity contribution >= 4 is 29.4 Å². The van der Waals surface area contributed by atoms with E-state index in [0.29, 0.717) is 81.1 Å². The van der Waals surface area contributed by atoms with E-state index in [0.717, 1.165) is 24.3 Å². The summed E-state index contributed by atoms with van der Waals surface area (Å²) >= 11 is 0. The third kappa shape index (κ3) is 12.0. The van der Waals surface area contributed by atoms with Crippen molar-refractivity contribution in [3.05, 3.63) is 59.7 Å². The van der Waals surface area contributed by atoms with Crippen molar-refractivity contribution in [2.75, 3.05) is 69.1 Å². The molecule has 0 radical (unpaired) electrons. The summed E-state index contributed by atoms with van der Waals surface area (Å²) in [5, 5.41) is 12.6. The summed E-state index contributed by atoms with van der Waals surface area (Å²) in [6, 6.07) is 14.9. The highest BCUT2D eigenvalue weighted by molar-refractivity contribution is 5.95. The van der Waals surface area contributed by atoms with Crippen molar-refractivity contribution in [2.24, 2.45) is 11.7 Å². The van der Waals surface area contributed by atoms with Gasteiger partial charge in [-0.25, -0.2) is 0 Å². The number of carbonyl (C=O) groups is 1. The summed E-state index contributed by atoms with van der Waals surface area (Å²) in [6.07, 6.45) is 0.979. The molecule has 3 aromatic rings. The molecule has 2 aromatic carbocycles. The van der Waals surface area contributed by atoms with E-state index in [9.17, 15) is 4.79 Å². The summed E-state index contributed by atoms with van der Waals surface area (Å²) in [4.78, 5) is 26.3. The van der Waals surface area contributed by atoms with E-state index < -0.39 is 0 Å². The smallest absolute Gasteiger partial charge is 0.251 e. The molecule has 41 heavy (non-hydrogen) atoms. The number of nitrogens with zero attached hydrogens (tertiary/aromatic N) is 3. The number of benzene rings is 2. The summed E-state index contributed by atoms with van der Waals surface area (Å²) in [6.45, 7) is 8.28. The minimum absolute atomic E-state index is 0.204. The number of rotatable bonds is 19. The first-order valence-corrected chi connectivity index (χ1v) is 13.8. The maximum absolute atomic E-state index is 12.7. The third-order valence-electron chi connectivity index (χ3n) is 5.80. The molecule has 0 spiro atoms. The molecule has 0 fully saturated rings. The van der Waals surface area contributed by atoms with Gasteiger partial charge in [0.2, 0.25) is 17.8 Å².